The maximum absolute atomic E-state index is 5.48. The van der Waals surface area contributed by atoms with Crippen LogP contribution in [0.3, 0.4) is 0 Å². The zero-order valence-electron chi connectivity index (χ0n) is 17.4. The van der Waals surface area contributed by atoms with Gasteiger partial charge >= 0.3 is 0 Å². The second kappa shape index (κ2) is 13.2. The van der Waals surface area contributed by atoms with Gasteiger partial charge in [-0.3, -0.25) is 0 Å². The van der Waals surface area contributed by atoms with E-state index in [1.807, 2.05) is 0 Å². The molecule has 0 spiro atoms. The maximum Gasteiger partial charge on any atom is 0.191 e. The maximum atomic E-state index is 5.48. The molecule has 154 valence electrons. The van der Waals surface area contributed by atoms with Gasteiger partial charge in [0.25, 0.3) is 0 Å². The van der Waals surface area contributed by atoms with E-state index in [1.54, 1.807) is 7.11 Å². The average molecular weight is 488 g/mol. The van der Waals surface area contributed by atoms with Crippen LogP contribution in [0.15, 0.2) is 23.2 Å². The topological polar surface area (TPSA) is 48.9 Å². The van der Waals surface area contributed by atoms with Gasteiger partial charge in [-0.05, 0) is 70.3 Å². The fourth-order valence-electron chi connectivity index (χ4n) is 3.47. The number of nitrogens with zero attached hydrogens (tertiary/aromatic N) is 2. The number of hydrogen-bond acceptors (Lipinski definition) is 3. The molecule has 2 N–H and O–H groups in total. The van der Waals surface area contributed by atoms with Crippen molar-refractivity contribution in [2.75, 3.05) is 39.8 Å². The van der Waals surface area contributed by atoms with Gasteiger partial charge < -0.3 is 20.3 Å². The van der Waals surface area contributed by atoms with Crippen molar-refractivity contribution in [3.05, 3.63) is 29.3 Å². The molecule has 1 heterocycles. The van der Waals surface area contributed by atoms with Crippen LogP contribution in [0.1, 0.15) is 44.2 Å². The SMILES string of the molecule is CCNC(=NCc1ccc(C)cc1OC)NCCC1CCN(CC)CC1.I. The molecule has 6 heteroatoms. The summed E-state index contributed by atoms with van der Waals surface area (Å²) >= 11 is 0. The van der Waals surface area contributed by atoms with Crippen molar-refractivity contribution in [3.8, 4) is 5.75 Å². The molecular formula is C21H37IN4O. The van der Waals surface area contributed by atoms with Crippen LogP contribution in [0.2, 0.25) is 0 Å². The molecule has 1 saturated heterocycles. The van der Waals surface area contributed by atoms with Crippen LogP contribution in [-0.4, -0.2) is 50.7 Å². The fraction of sp³-hybridized carbons (Fsp3) is 0.667. The molecule has 0 bridgehead atoms. The minimum absolute atomic E-state index is 0. The summed E-state index contributed by atoms with van der Waals surface area (Å²) in [5, 5.41) is 6.84. The van der Waals surface area contributed by atoms with E-state index in [0.29, 0.717) is 6.54 Å². The van der Waals surface area contributed by atoms with Gasteiger partial charge in [-0.2, -0.15) is 0 Å². The Morgan fingerprint density at radius 1 is 1.22 bits per heavy atom. The number of aliphatic imine (C=N–C) groups is 1. The van der Waals surface area contributed by atoms with Crippen molar-refractivity contribution in [1.29, 1.82) is 0 Å². The van der Waals surface area contributed by atoms with E-state index in [4.69, 9.17) is 9.73 Å². The van der Waals surface area contributed by atoms with Crippen molar-refractivity contribution >= 4 is 29.9 Å². The minimum Gasteiger partial charge on any atom is -0.496 e. The van der Waals surface area contributed by atoms with E-state index >= 15 is 0 Å². The second-order valence-corrected chi connectivity index (χ2v) is 7.10. The first-order valence-corrected chi connectivity index (χ1v) is 10.0. The molecule has 5 nitrogen and oxygen atoms in total. The molecule has 0 amide bonds. The number of benzene rings is 1. The molecule has 1 aromatic carbocycles. The summed E-state index contributed by atoms with van der Waals surface area (Å²) in [6, 6.07) is 6.27. The summed E-state index contributed by atoms with van der Waals surface area (Å²) in [5.74, 6) is 2.64. The summed E-state index contributed by atoms with van der Waals surface area (Å²) in [6.45, 7) is 12.6. The Morgan fingerprint density at radius 2 is 1.96 bits per heavy atom. The third-order valence-corrected chi connectivity index (χ3v) is 5.19. The van der Waals surface area contributed by atoms with Crippen molar-refractivity contribution in [1.82, 2.24) is 15.5 Å². The number of nitrogens with one attached hydrogen (secondary N) is 2. The zero-order valence-corrected chi connectivity index (χ0v) is 19.7. The van der Waals surface area contributed by atoms with Crippen LogP contribution in [0.4, 0.5) is 0 Å². The normalized spacial score (nSPS) is 15.9. The summed E-state index contributed by atoms with van der Waals surface area (Å²) in [7, 11) is 1.72. The Bertz CT molecular complexity index is 571. The first-order chi connectivity index (χ1) is 12.7. The number of guanidine groups is 1. The first kappa shape index (κ1) is 24.0. The molecule has 1 aliphatic heterocycles. The van der Waals surface area contributed by atoms with E-state index in [1.165, 1.54) is 44.5 Å². The Balaban J connectivity index is 0.00000364. The lowest BCUT2D eigenvalue weighted by atomic mass is 9.93. The van der Waals surface area contributed by atoms with Crippen LogP contribution in [0, 0.1) is 12.8 Å². The number of hydrogen-bond donors (Lipinski definition) is 2. The van der Waals surface area contributed by atoms with E-state index in [0.717, 1.165) is 36.3 Å². The summed E-state index contributed by atoms with van der Waals surface area (Å²) < 4.78 is 5.48. The lowest BCUT2D eigenvalue weighted by Crippen LogP contribution is -2.39. The van der Waals surface area contributed by atoms with Crippen LogP contribution in [0.25, 0.3) is 0 Å². The van der Waals surface area contributed by atoms with Crippen molar-refractivity contribution in [2.24, 2.45) is 10.9 Å². The Hall–Kier alpha value is -1.02. The summed E-state index contributed by atoms with van der Waals surface area (Å²) in [6.07, 6.45) is 3.86. The number of halogens is 1. The van der Waals surface area contributed by atoms with Gasteiger partial charge in [-0.15, -0.1) is 24.0 Å². The smallest absolute Gasteiger partial charge is 0.191 e. The number of likely N-dealkylation sites (tertiary alicyclic amines) is 1. The first-order valence-electron chi connectivity index (χ1n) is 10.0. The molecule has 0 aromatic heterocycles. The number of piperidine rings is 1. The van der Waals surface area contributed by atoms with Gasteiger partial charge in [-0.25, -0.2) is 4.99 Å². The fourth-order valence-corrected chi connectivity index (χ4v) is 3.47. The number of ether oxygens (including phenoxy) is 1. The molecule has 1 aliphatic rings. The molecule has 27 heavy (non-hydrogen) atoms. The monoisotopic (exact) mass is 488 g/mol. The van der Waals surface area contributed by atoms with Gasteiger partial charge in [-0.1, -0.05) is 19.1 Å². The Morgan fingerprint density at radius 3 is 2.59 bits per heavy atom. The number of rotatable bonds is 8. The van der Waals surface area contributed by atoms with Gasteiger partial charge in [0.2, 0.25) is 0 Å². The zero-order chi connectivity index (χ0) is 18.8. The molecule has 1 aromatic rings. The minimum atomic E-state index is 0. The number of methoxy groups -OCH3 is 1. The predicted octanol–water partition coefficient (Wildman–Crippen LogP) is 3.80. The molecule has 0 atom stereocenters. The molecule has 0 unspecified atom stereocenters. The highest BCUT2D eigenvalue weighted by Crippen LogP contribution is 2.21. The van der Waals surface area contributed by atoms with Gasteiger partial charge in [0.05, 0.1) is 13.7 Å². The van der Waals surface area contributed by atoms with E-state index in [-0.39, 0.29) is 24.0 Å². The van der Waals surface area contributed by atoms with Crippen molar-refractivity contribution < 1.29 is 4.74 Å². The number of aryl methyl sites for hydroxylation is 1. The quantitative estimate of drug-likeness (QED) is 0.332. The molecule has 0 saturated carbocycles. The molecular weight excluding hydrogens is 451 g/mol. The highest BCUT2D eigenvalue weighted by Gasteiger charge is 2.17. The van der Waals surface area contributed by atoms with Gasteiger partial charge in [0, 0.05) is 18.7 Å². The molecule has 0 radical (unpaired) electrons. The third kappa shape index (κ3) is 8.25. The van der Waals surface area contributed by atoms with Crippen molar-refractivity contribution in [3.63, 3.8) is 0 Å². The lowest BCUT2D eigenvalue weighted by molar-refractivity contribution is 0.187. The predicted molar refractivity (Wildman–Crippen MR) is 125 cm³/mol. The third-order valence-electron chi connectivity index (χ3n) is 5.19. The van der Waals surface area contributed by atoms with Crippen molar-refractivity contribution in [2.45, 2.75) is 46.6 Å². The van der Waals surface area contributed by atoms with Gasteiger partial charge in [0.1, 0.15) is 5.75 Å². The standard InChI is InChI=1S/C21H36N4O.HI/c1-5-22-21(23-12-9-18-10-13-25(6-2)14-11-18)24-16-19-8-7-17(3)15-20(19)26-4;/h7-8,15,18H,5-6,9-14,16H2,1-4H3,(H2,22,23,24);1H. The summed E-state index contributed by atoms with van der Waals surface area (Å²) in [4.78, 5) is 7.28. The average Bonchev–Trinajstić information content (AvgIpc) is 2.67. The Kier molecular flexibility index (Phi) is 11.7. The molecule has 0 aliphatic carbocycles. The van der Waals surface area contributed by atoms with Gasteiger partial charge in [0.15, 0.2) is 5.96 Å². The highest BCUT2D eigenvalue weighted by atomic mass is 127. The molecule has 1 fully saturated rings. The van der Waals surface area contributed by atoms with Crippen LogP contribution < -0.4 is 15.4 Å². The lowest BCUT2D eigenvalue weighted by Gasteiger charge is -2.31. The van der Waals surface area contributed by atoms with Crippen LogP contribution in [-0.2, 0) is 6.54 Å². The van der Waals surface area contributed by atoms with Crippen LogP contribution >= 0.6 is 24.0 Å². The van der Waals surface area contributed by atoms with Crippen LogP contribution in [0.5, 0.6) is 5.75 Å². The van der Waals surface area contributed by atoms with E-state index < -0.39 is 0 Å². The second-order valence-electron chi connectivity index (χ2n) is 7.10. The van der Waals surface area contributed by atoms with E-state index in [9.17, 15) is 0 Å². The largest absolute Gasteiger partial charge is 0.496 e. The highest BCUT2D eigenvalue weighted by molar-refractivity contribution is 14.0. The summed E-state index contributed by atoms with van der Waals surface area (Å²) in [5.41, 5.74) is 2.32. The Labute approximate surface area is 182 Å². The molecule has 2 rings (SSSR count). The van der Waals surface area contributed by atoms with E-state index in [2.05, 4.69) is 54.5 Å².